The fourth-order valence-electron chi connectivity index (χ4n) is 2.68. The Labute approximate surface area is 175 Å². The molecule has 3 aromatic rings. The highest BCUT2D eigenvalue weighted by Crippen LogP contribution is 2.31. The van der Waals surface area contributed by atoms with Gasteiger partial charge in [-0.05, 0) is 61.4 Å². The molecule has 1 aromatic heterocycles. The van der Waals surface area contributed by atoms with Crippen molar-refractivity contribution in [2.45, 2.75) is 20.3 Å². The zero-order valence-electron chi connectivity index (χ0n) is 16.8. The number of nitrogens with zero attached hydrogens (tertiary/aromatic N) is 1. The number of benzene rings is 2. The second-order valence-corrected chi connectivity index (χ2v) is 7.60. The van der Waals surface area contributed by atoms with Crippen LogP contribution in [0.15, 0.2) is 54.6 Å². The van der Waals surface area contributed by atoms with Gasteiger partial charge in [0, 0.05) is 16.5 Å². The van der Waals surface area contributed by atoms with E-state index in [0.717, 1.165) is 39.6 Å². The van der Waals surface area contributed by atoms with Crippen LogP contribution in [0.25, 0.3) is 17.3 Å². The molecule has 1 heterocycles. The predicted molar refractivity (Wildman–Crippen MR) is 119 cm³/mol. The van der Waals surface area contributed by atoms with Gasteiger partial charge in [-0.15, -0.1) is 11.3 Å². The number of nitrogens with one attached hydrogen (secondary N) is 1. The van der Waals surface area contributed by atoms with Crippen molar-refractivity contribution in [2.24, 2.45) is 0 Å². The second kappa shape index (κ2) is 9.89. The monoisotopic (exact) mass is 408 g/mol. The van der Waals surface area contributed by atoms with Gasteiger partial charge in [0.25, 0.3) is 0 Å². The summed E-state index contributed by atoms with van der Waals surface area (Å²) in [6, 6.07) is 15.4. The van der Waals surface area contributed by atoms with Crippen molar-refractivity contribution in [3.63, 3.8) is 0 Å². The fourth-order valence-corrected chi connectivity index (χ4v) is 3.52. The van der Waals surface area contributed by atoms with Crippen LogP contribution in [-0.4, -0.2) is 24.6 Å². The molecule has 3 rings (SSSR count). The quantitative estimate of drug-likeness (QED) is 0.495. The summed E-state index contributed by atoms with van der Waals surface area (Å²) >= 11 is 1.45. The normalized spacial score (nSPS) is 10.9. The molecular formula is C23H24N2O3S. The third kappa shape index (κ3) is 5.68. The van der Waals surface area contributed by atoms with Crippen molar-refractivity contribution in [3.8, 4) is 22.8 Å². The number of rotatable bonds is 8. The lowest BCUT2D eigenvalue weighted by Gasteiger charge is -2.04. The molecule has 0 radical (unpaired) electrons. The Kier molecular flexibility index (Phi) is 7.03. The zero-order chi connectivity index (χ0) is 20.6. The van der Waals surface area contributed by atoms with Gasteiger partial charge in [-0.3, -0.25) is 10.1 Å². The number of anilines is 1. The summed E-state index contributed by atoms with van der Waals surface area (Å²) in [7, 11) is 1.64. The van der Waals surface area contributed by atoms with Crippen LogP contribution in [0, 0.1) is 6.92 Å². The first-order valence-corrected chi connectivity index (χ1v) is 10.2. The molecular weight excluding hydrogens is 384 g/mol. The molecule has 0 aliphatic heterocycles. The van der Waals surface area contributed by atoms with Gasteiger partial charge in [0.15, 0.2) is 5.13 Å². The van der Waals surface area contributed by atoms with E-state index in [0.29, 0.717) is 11.7 Å². The summed E-state index contributed by atoms with van der Waals surface area (Å²) in [6.07, 6.45) is 4.24. The minimum Gasteiger partial charge on any atom is -0.497 e. The third-order valence-corrected chi connectivity index (χ3v) is 5.06. The number of amides is 1. The standard InChI is InChI=1S/C23H24N2O3S/c1-4-15-28-20-10-5-17(6-11-20)7-14-21(26)24-23-25-22(16(2)29-23)18-8-12-19(27-3)13-9-18/h5-14H,4,15H2,1-3H3,(H,24,25,26)/b14-7+. The molecule has 29 heavy (non-hydrogen) atoms. The largest absolute Gasteiger partial charge is 0.497 e. The number of ether oxygens (including phenoxy) is 2. The lowest BCUT2D eigenvalue weighted by molar-refractivity contribution is -0.111. The average Bonchev–Trinajstić information content (AvgIpc) is 3.11. The average molecular weight is 409 g/mol. The van der Waals surface area contributed by atoms with E-state index in [1.165, 1.54) is 17.4 Å². The minimum absolute atomic E-state index is 0.216. The Hall–Kier alpha value is -3.12. The summed E-state index contributed by atoms with van der Waals surface area (Å²) in [5.74, 6) is 1.41. The number of thiazole rings is 1. The lowest BCUT2D eigenvalue weighted by Crippen LogP contribution is -2.07. The van der Waals surface area contributed by atoms with E-state index >= 15 is 0 Å². The first-order chi connectivity index (χ1) is 14.1. The molecule has 0 unspecified atom stereocenters. The Balaban J connectivity index is 1.62. The van der Waals surface area contributed by atoms with Gasteiger partial charge in [0.05, 0.1) is 19.4 Å². The third-order valence-electron chi connectivity index (χ3n) is 4.17. The van der Waals surface area contributed by atoms with Crippen LogP contribution in [0.5, 0.6) is 11.5 Å². The smallest absolute Gasteiger partial charge is 0.250 e. The summed E-state index contributed by atoms with van der Waals surface area (Å²) in [5.41, 5.74) is 2.78. The van der Waals surface area contributed by atoms with Crippen molar-refractivity contribution in [2.75, 3.05) is 19.0 Å². The van der Waals surface area contributed by atoms with Crippen molar-refractivity contribution < 1.29 is 14.3 Å². The van der Waals surface area contributed by atoms with Gasteiger partial charge in [-0.1, -0.05) is 19.1 Å². The molecule has 6 heteroatoms. The number of aryl methyl sites for hydroxylation is 1. The Morgan fingerprint density at radius 1 is 1.10 bits per heavy atom. The van der Waals surface area contributed by atoms with Crippen LogP contribution in [-0.2, 0) is 4.79 Å². The molecule has 1 amide bonds. The first-order valence-electron chi connectivity index (χ1n) is 9.43. The second-order valence-electron chi connectivity index (χ2n) is 6.39. The Morgan fingerprint density at radius 3 is 2.45 bits per heavy atom. The summed E-state index contributed by atoms with van der Waals surface area (Å²) in [6.45, 7) is 4.76. The van der Waals surface area contributed by atoms with Gasteiger partial charge >= 0.3 is 0 Å². The van der Waals surface area contributed by atoms with Crippen LogP contribution in [0.2, 0.25) is 0 Å². The van der Waals surface area contributed by atoms with Gasteiger partial charge in [-0.2, -0.15) is 0 Å². The molecule has 0 aliphatic carbocycles. The van der Waals surface area contributed by atoms with Crippen molar-refractivity contribution >= 4 is 28.5 Å². The van der Waals surface area contributed by atoms with E-state index < -0.39 is 0 Å². The van der Waals surface area contributed by atoms with Gasteiger partial charge < -0.3 is 9.47 Å². The molecule has 150 valence electrons. The molecule has 0 fully saturated rings. The molecule has 0 bridgehead atoms. The molecule has 2 aromatic carbocycles. The number of carbonyl (C=O) groups is 1. The molecule has 0 atom stereocenters. The summed E-state index contributed by atoms with van der Waals surface area (Å²) in [4.78, 5) is 17.9. The molecule has 0 aliphatic rings. The molecule has 1 N–H and O–H groups in total. The van der Waals surface area contributed by atoms with E-state index in [2.05, 4.69) is 17.2 Å². The van der Waals surface area contributed by atoms with Crippen molar-refractivity contribution in [1.29, 1.82) is 0 Å². The molecule has 0 spiro atoms. The zero-order valence-corrected chi connectivity index (χ0v) is 17.6. The van der Waals surface area contributed by atoms with E-state index in [4.69, 9.17) is 9.47 Å². The van der Waals surface area contributed by atoms with Crippen LogP contribution in [0.3, 0.4) is 0 Å². The predicted octanol–water partition coefficient (Wildman–Crippen LogP) is 5.57. The van der Waals surface area contributed by atoms with Gasteiger partial charge in [-0.25, -0.2) is 4.98 Å². The lowest BCUT2D eigenvalue weighted by atomic mass is 10.1. The van der Waals surface area contributed by atoms with E-state index in [1.807, 2.05) is 55.5 Å². The number of carbonyl (C=O) groups excluding carboxylic acids is 1. The first kappa shape index (κ1) is 20.6. The maximum atomic E-state index is 12.3. The van der Waals surface area contributed by atoms with Crippen LogP contribution >= 0.6 is 11.3 Å². The number of aromatic nitrogens is 1. The molecule has 0 saturated heterocycles. The fraction of sp³-hybridized carbons (Fsp3) is 0.217. The summed E-state index contributed by atoms with van der Waals surface area (Å²) < 4.78 is 10.8. The number of hydrogen-bond acceptors (Lipinski definition) is 5. The van der Waals surface area contributed by atoms with Gasteiger partial charge in [0.2, 0.25) is 5.91 Å². The van der Waals surface area contributed by atoms with Crippen molar-refractivity contribution in [3.05, 3.63) is 65.0 Å². The van der Waals surface area contributed by atoms with E-state index in [1.54, 1.807) is 13.2 Å². The topological polar surface area (TPSA) is 60.5 Å². The molecule has 0 saturated carbocycles. The van der Waals surface area contributed by atoms with Crippen LogP contribution < -0.4 is 14.8 Å². The molecule has 5 nitrogen and oxygen atoms in total. The SMILES string of the molecule is CCCOc1ccc(/C=C/C(=O)Nc2nc(-c3ccc(OC)cc3)c(C)s2)cc1. The van der Waals surface area contributed by atoms with Crippen molar-refractivity contribution in [1.82, 2.24) is 4.98 Å². The summed E-state index contributed by atoms with van der Waals surface area (Å²) in [5, 5.41) is 3.41. The number of methoxy groups -OCH3 is 1. The number of hydrogen-bond donors (Lipinski definition) is 1. The van der Waals surface area contributed by atoms with Crippen LogP contribution in [0.1, 0.15) is 23.8 Å². The van der Waals surface area contributed by atoms with Gasteiger partial charge in [0.1, 0.15) is 11.5 Å². The highest BCUT2D eigenvalue weighted by Gasteiger charge is 2.11. The highest BCUT2D eigenvalue weighted by molar-refractivity contribution is 7.16. The maximum absolute atomic E-state index is 12.3. The Bertz CT molecular complexity index is 976. The minimum atomic E-state index is -0.216. The Morgan fingerprint density at radius 2 is 1.79 bits per heavy atom. The highest BCUT2D eigenvalue weighted by atomic mass is 32.1. The van der Waals surface area contributed by atoms with Crippen LogP contribution in [0.4, 0.5) is 5.13 Å². The van der Waals surface area contributed by atoms with E-state index in [-0.39, 0.29) is 5.91 Å². The maximum Gasteiger partial charge on any atom is 0.250 e. The van der Waals surface area contributed by atoms with E-state index in [9.17, 15) is 4.79 Å².